The molecule has 7 heteroatoms. The minimum absolute atomic E-state index is 0.273. The molecule has 2 N–H and O–H groups in total. The number of hydrogen-bond donors (Lipinski definition) is 2. The number of anilines is 1. The molecule has 0 bridgehead atoms. The molecule has 2 aromatic carbocycles. The van der Waals surface area contributed by atoms with Crippen molar-refractivity contribution in [2.24, 2.45) is 0 Å². The van der Waals surface area contributed by atoms with E-state index in [1.165, 1.54) is 12.1 Å². The Morgan fingerprint density at radius 3 is 2.54 bits per heavy atom. The molecule has 0 spiro atoms. The molecule has 3 nitrogen and oxygen atoms in total. The second kappa shape index (κ2) is 6.45. The minimum Gasteiger partial charge on any atom is -0.326 e. The summed E-state index contributed by atoms with van der Waals surface area (Å²) in [4.78, 5) is 12.5. The van der Waals surface area contributed by atoms with Gasteiger partial charge >= 0.3 is 6.18 Å². The van der Waals surface area contributed by atoms with E-state index in [0.29, 0.717) is 23.8 Å². The van der Waals surface area contributed by atoms with Gasteiger partial charge in [0.1, 0.15) is 0 Å². The van der Waals surface area contributed by atoms with E-state index >= 15 is 0 Å². The van der Waals surface area contributed by atoms with Crippen molar-refractivity contribution in [2.75, 3.05) is 11.9 Å². The zero-order valence-corrected chi connectivity index (χ0v) is 13.2. The number of hydrogen-bond acceptors (Lipinski definition) is 2. The fourth-order valence-electron chi connectivity index (χ4n) is 2.73. The first-order chi connectivity index (χ1) is 11.3. The molecule has 1 aliphatic heterocycles. The maximum Gasteiger partial charge on any atom is 0.416 e. The van der Waals surface area contributed by atoms with E-state index in [0.717, 1.165) is 23.3 Å². The molecule has 1 amide bonds. The zero-order chi connectivity index (χ0) is 17.3. The minimum atomic E-state index is -4.39. The number of amides is 1. The second-order valence-corrected chi connectivity index (χ2v) is 6.03. The highest BCUT2D eigenvalue weighted by Crippen LogP contribution is 2.31. The van der Waals surface area contributed by atoms with Crippen LogP contribution in [0.2, 0.25) is 5.02 Å². The second-order valence-electron chi connectivity index (χ2n) is 5.59. The summed E-state index contributed by atoms with van der Waals surface area (Å²) >= 11 is 5.97. The van der Waals surface area contributed by atoms with E-state index in [2.05, 4.69) is 10.6 Å². The van der Waals surface area contributed by atoms with Crippen molar-refractivity contribution >= 4 is 23.2 Å². The van der Waals surface area contributed by atoms with Gasteiger partial charge in [0.05, 0.1) is 11.5 Å². The van der Waals surface area contributed by atoms with Crippen LogP contribution in [0.15, 0.2) is 42.5 Å². The van der Waals surface area contributed by atoms with Crippen molar-refractivity contribution in [3.63, 3.8) is 0 Å². The quantitative estimate of drug-likeness (QED) is 0.849. The summed E-state index contributed by atoms with van der Waals surface area (Å²) in [5, 5.41) is 6.41. The molecular formula is C17H14ClF3N2O. The van der Waals surface area contributed by atoms with E-state index in [1.807, 2.05) is 6.07 Å². The van der Waals surface area contributed by atoms with Gasteiger partial charge in [-0.15, -0.1) is 0 Å². The molecule has 1 aliphatic rings. The number of rotatable bonds is 2. The summed E-state index contributed by atoms with van der Waals surface area (Å²) in [5.41, 5.74) is 1.40. The Morgan fingerprint density at radius 1 is 1.17 bits per heavy atom. The summed E-state index contributed by atoms with van der Waals surface area (Å²) in [5.74, 6) is -0.696. The van der Waals surface area contributed by atoms with Gasteiger partial charge in [-0.05, 0) is 47.5 Å². The molecule has 2 aromatic rings. The third kappa shape index (κ3) is 3.55. The van der Waals surface area contributed by atoms with E-state index in [9.17, 15) is 18.0 Å². The Bertz CT molecular complexity index is 759. The van der Waals surface area contributed by atoms with Crippen LogP contribution in [-0.4, -0.2) is 12.5 Å². The lowest BCUT2D eigenvalue weighted by molar-refractivity contribution is -0.137. The monoisotopic (exact) mass is 354 g/mol. The fourth-order valence-corrected chi connectivity index (χ4v) is 2.93. The topological polar surface area (TPSA) is 41.1 Å². The lowest BCUT2D eigenvalue weighted by atomic mass is 9.90. The predicted molar refractivity (Wildman–Crippen MR) is 86.0 cm³/mol. The van der Waals surface area contributed by atoms with Crippen molar-refractivity contribution in [2.45, 2.75) is 18.6 Å². The van der Waals surface area contributed by atoms with Crippen molar-refractivity contribution in [3.05, 3.63) is 64.2 Å². The van der Waals surface area contributed by atoms with E-state index in [1.54, 1.807) is 12.1 Å². The fraction of sp³-hybridized carbons (Fsp3) is 0.235. The summed E-state index contributed by atoms with van der Waals surface area (Å²) < 4.78 is 37.7. The van der Waals surface area contributed by atoms with Crippen molar-refractivity contribution in [1.82, 2.24) is 5.32 Å². The number of fused-ring (bicyclic) bond motifs is 1. The summed E-state index contributed by atoms with van der Waals surface area (Å²) in [6.07, 6.45) is -4.39. The molecule has 126 valence electrons. The van der Waals surface area contributed by atoms with E-state index in [-0.39, 0.29) is 5.91 Å². The van der Waals surface area contributed by atoms with Crippen molar-refractivity contribution in [1.29, 1.82) is 0 Å². The molecule has 0 aromatic heterocycles. The Kier molecular flexibility index (Phi) is 4.51. The highest BCUT2D eigenvalue weighted by Gasteiger charge is 2.30. The van der Waals surface area contributed by atoms with Crippen LogP contribution in [0.4, 0.5) is 18.9 Å². The number of nitrogens with one attached hydrogen (secondary N) is 2. The van der Waals surface area contributed by atoms with Gasteiger partial charge in [0.15, 0.2) is 0 Å². The molecule has 0 saturated heterocycles. The number of benzene rings is 2. The molecule has 0 fully saturated rings. The lowest BCUT2D eigenvalue weighted by Gasteiger charge is -2.26. The zero-order valence-electron chi connectivity index (χ0n) is 12.5. The van der Waals surface area contributed by atoms with Crippen LogP contribution in [0.5, 0.6) is 0 Å². The average molecular weight is 355 g/mol. The molecular weight excluding hydrogens is 341 g/mol. The summed E-state index contributed by atoms with van der Waals surface area (Å²) in [7, 11) is 0. The third-order valence-corrected chi connectivity index (χ3v) is 4.18. The SMILES string of the molecule is O=C(Nc1ccc(C(F)(F)F)cc1)C1CNCc2cc(Cl)ccc21. The molecule has 3 rings (SSSR count). The maximum atomic E-state index is 12.6. The number of halogens is 4. The highest BCUT2D eigenvalue weighted by atomic mass is 35.5. The molecule has 1 heterocycles. The molecule has 0 radical (unpaired) electrons. The molecule has 24 heavy (non-hydrogen) atoms. The number of carbonyl (C=O) groups is 1. The van der Waals surface area contributed by atoms with Gasteiger partial charge in [-0.25, -0.2) is 0 Å². The smallest absolute Gasteiger partial charge is 0.326 e. The van der Waals surface area contributed by atoms with Crippen LogP contribution in [0, 0.1) is 0 Å². The molecule has 0 aliphatic carbocycles. The van der Waals surface area contributed by atoms with Gasteiger partial charge in [-0.2, -0.15) is 13.2 Å². The van der Waals surface area contributed by atoms with Gasteiger partial charge in [0.2, 0.25) is 5.91 Å². The largest absolute Gasteiger partial charge is 0.416 e. The average Bonchev–Trinajstić information content (AvgIpc) is 2.53. The molecule has 0 saturated carbocycles. The molecule has 1 unspecified atom stereocenters. The van der Waals surface area contributed by atoms with Gasteiger partial charge in [-0.1, -0.05) is 17.7 Å². The van der Waals surface area contributed by atoms with Gasteiger partial charge in [-0.3, -0.25) is 4.79 Å². The van der Waals surface area contributed by atoms with Crippen LogP contribution >= 0.6 is 11.6 Å². The number of alkyl halides is 3. The van der Waals surface area contributed by atoms with E-state index in [4.69, 9.17) is 11.6 Å². The molecule has 1 atom stereocenters. The van der Waals surface area contributed by atoms with Gasteiger partial charge in [0, 0.05) is 23.8 Å². The lowest BCUT2D eigenvalue weighted by Crippen LogP contribution is -2.35. The van der Waals surface area contributed by atoms with Crippen LogP contribution in [-0.2, 0) is 17.5 Å². The first-order valence-electron chi connectivity index (χ1n) is 7.32. The predicted octanol–water partition coefficient (Wildman–Crippen LogP) is 4.18. The van der Waals surface area contributed by atoms with E-state index < -0.39 is 17.7 Å². The van der Waals surface area contributed by atoms with Crippen LogP contribution in [0.3, 0.4) is 0 Å². The number of carbonyl (C=O) groups excluding carboxylic acids is 1. The first-order valence-corrected chi connectivity index (χ1v) is 7.69. The summed E-state index contributed by atoms with van der Waals surface area (Å²) in [6, 6.07) is 9.74. The third-order valence-electron chi connectivity index (χ3n) is 3.94. The normalized spacial score (nSPS) is 17.2. The van der Waals surface area contributed by atoms with Crippen LogP contribution < -0.4 is 10.6 Å². The highest BCUT2D eigenvalue weighted by molar-refractivity contribution is 6.30. The van der Waals surface area contributed by atoms with Crippen molar-refractivity contribution in [3.8, 4) is 0 Å². The maximum absolute atomic E-state index is 12.6. The van der Waals surface area contributed by atoms with Crippen molar-refractivity contribution < 1.29 is 18.0 Å². The van der Waals surface area contributed by atoms with Crippen LogP contribution in [0.1, 0.15) is 22.6 Å². The van der Waals surface area contributed by atoms with Crippen LogP contribution in [0.25, 0.3) is 0 Å². The Labute approximate surface area is 141 Å². The Hall–Kier alpha value is -2.05. The Morgan fingerprint density at radius 2 is 1.88 bits per heavy atom. The standard InChI is InChI=1S/C17H14ClF3N2O/c18-12-3-6-14-10(7-12)8-22-9-15(14)16(24)23-13-4-1-11(2-5-13)17(19,20)21/h1-7,15,22H,8-9H2,(H,23,24). The Balaban J connectivity index is 1.77. The summed E-state index contributed by atoms with van der Waals surface area (Å²) in [6.45, 7) is 1.08. The first kappa shape index (κ1) is 16.8. The van der Waals surface area contributed by atoms with Gasteiger partial charge in [0.25, 0.3) is 0 Å². The van der Waals surface area contributed by atoms with Gasteiger partial charge < -0.3 is 10.6 Å².